The highest BCUT2D eigenvalue weighted by molar-refractivity contribution is 5.26. The molecule has 17 heavy (non-hydrogen) atoms. The molecule has 1 heteroatoms. The Morgan fingerprint density at radius 3 is 2.53 bits per heavy atom. The molecule has 1 saturated heterocycles. The lowest BCUT2D eigenvalue weighted by molar-refractivity contribution is 0.349. The summed E-state index contributed by atoms with van der Waals surface area (Å²) in [7, 11) is 0. The Balaban J connectivity index is 2.06. The minimum atomic E-state index is 0.749. The van der Waals surface area contributed by atoms with Gasteiger partial charge in [0.25, 0.3) is 0 Å². The molecule has 0 aliphatic carbocycles. The third-order valence-corrected chi connectivity index (χ3v) is 3.84. The molecule has 1 aliphatic heterocycles. The van der Waals surface area contributed by atoms with Crippen LogP contribution in [0.15, 0.2) is 24.3 Å². The first-order chi connectivity index (χ1) is 8.16. The Morgan fingerprint density at radius 1 is 1.24 bits per heavy atom. The Morgan fingerprint density at radius 2 is 1.94 bits per heavy atom. The van der Waals surface area contributed by atoms with E-state index in [2.05, 4.69) is 50.4 Å². The molecule has 0 aromatic heterocycles. The molecule has 2 unspecified atom stereocenters. The lowest BCUT2D eigenvalue weighted by atomic mass is 9.82. The minimum Gasteiger partial charge on any atom is -0.316 e. The molecule has 1 aromatic rings. The van der Waals surface area contributed by atoms with Gasteiger partial charge in [0, 0.05) is 0 Å². The minimum absolute atomic E-state index is 0.749. The predicted molar refractivity (Wildman–Crippen MR) is 74.4 cm³/mol. The second-order valence-corrected chi connectivity index (χ2v) is 5.92. The highest BCUT2D eigenvalue weighted by atomic mass is 14.9. The van der Waals surface area contributed by atoms with Gasteiger partial charge in [-0.1, -0.05) is 45.0 Å². The van der Waals surface area contributed by atoms with E-state index in [1.165, 1.54) is 37.1 Å². The van der Waals surface area contributed by atoms with Gasteiger partial charge < -0.3 is 5.32 Å². The van der Waals surface area contributed by atoms with Gasteiger partial charge in [-0.15, -0.1) is 0 Å². The molecule has 1 fully saturated rings. The van der Waals surface area contributed by atoms with Crippen LogP contribution in [0.4, 0.5) is 0 Å². The van der Waals surface area contributed by atoms with Crippen LogP contribution in [-0.4, -0.2) is 13.1 Å². The van der Waals surface area contributed by atoms with Crippen LogP contribution in [-0.2, 0) is 6.42 Å². The van der Waals surface area contributed by atoms with Gasteiger partial charge >= 0.3 is 0 Å². The first kappa shape index (κ1) is 12.6. The van der Waals surface area contributed by atoms with Crippen molar-refractivity contribution in [3.05, 3.63) is 35.4 Å². The molecular weight excluding hydrogens is 206 g/mol. The summed E-state index contributed by atoms with van der Waals surface area (Å²) in [5.74, 6) is 2.27. The zero-order valence-electron chi connectivity index (χ0n) is 11.4. The van der Waals surface area contributed by atoms with E-state index in [-0.39, 0.29) is 0 Å². The van der Waals surface area contributed by atoms with E-state index in [0.29, 0.717) is 0 Å². The van der Waals surface area contributed by atoms with Crippen molar-refractivity contribution in [1.82, 2.24) is 5.32 Å². The molecule has 1 N–H and O–H groups in total. The normalized spacial score (nSPS) is 25.2. The second-order valence-electron chi connectivity index (χ2n) is 5.92. The standard InChI is InChI=1S/C16H25N/c1-12(2)10-14-4-6-15(7-5-14)16-8-9-17-11-13(16)3/h4-7,12-13,16-17H,8-11H2,1-3H3. The quantitative estimate of drug-likeness (QED) is 0.838. The Hall–Kier alpha value is -0.820. The van der Waals surface area contributed by atoms with E-state index in [9.17, 15) is 0 Å². The zero-order chi connectivity index (χ0) is 12.3. The van der Waals surface area contributed by atoms with Crippen LogP contribution in [0, 0.1) is 11.8 Å². The number of benzene rings is 1. The van der Waals surface area contributed by atoms with Crippen LogP contribution in [0.1, 0.15) is 44.2 Å². The van der Waals surface area contributed by atoms with Gasteiger partial charge in [-0.05, 0) is 54.8 Å². The Bertz CT molecular complexity index is 339. The first-order valence-electron chi connectivity index (χ1n) is 6.96. The lowest BCUT2D eigenvalue weighted by Gasteiger charge is -2.30. The van der Waals surface area contributed by atoms with Crippen molar-refractivity contribution in [2.75, 3.05) is 13.1 Å². The molecular formula is C16H25N. The highest BCUT2D eigenvalue weighted by Crippen LogP contribution is 2.30. The molecule has 0 radical (unpaired) electrons. The summed E-state index contributed by atoms with van der Waals surface area (Å²) in [6.07, 6.45) is 2.48. The third kappa shape index (κ3) is 3.32. The Kier molecular flexibility index (Phi) is 4.22. The maximum absolute atomic E-state index is 3.47. The molecule has 0 spiro atoms. The average molecular weight is 231 g/mol. The predicted octanol–water partition coefficient (Wildman–Crippen LogP) is 3.60. The zero-order valence-corrected chi connectivity index (χ0v) is 11.4. The van der Waals surface area contributed by atoms with Crippen molar-refractivity contribution >= 4 is 0 Å². The number of hydrogen-bond donors (Lipinski definition) is 1. The van der Waals surface area contributed by atoms with Crippen molar-refractivity contribution in [2.45, 2.75) is 39.5 Å². The summed E-state index contributed by atoms with van der Waals surface area (Å²) in [6, 6.07) is 9.35. The molecule has 0 saturated carbocycles. The van der Waals surface area contributed by atoms with Crippen LogP contribution in [0.2, 0.25) is 0 Å². The third-order valence-electron chi connectivity index (χ3n) is 3.84. The maximum atomic E-state index is 3.47. The number of piperidine rings is 1. The van der Waals surface area contributed by atoms with Crippen molar-refractivity contribution < 1.29 is 0 Å². The molecule has 1 aromatic carbocycles. The largest absolute Gasteiger partial charge is 0.316 e. The number of nitrogens with one attached hydrogen (secondary N) is 1. The van der Waals surface area contributed by atoms with Gasteiger partial charge in [0.05, 0.1) is 0 Å². The molecule has 0 bridgehead atoms. The van der Waals surface area contributed by atoms with Crippen LogP contribution in [0.5, 0.6) is 0 Å². The molecule has 94 valence electrons. The van der Waals surface area contributed by atoms with Gasteiger partial charge in [0.2, 0.25) is 0 Å². The van der Waals surface area contributed by atoms with Gasteiger partial charge in [-0.25, -0.2) is 0 Å². The van der Waals surface area contributed by atoms with Gasteiger partial charge in [-0.3, -0.25) is 0 Å². The Labute approximate surface area is 106 Å². The summed E-state index contributed by atoms with van der Waals surface area (Å²) in [5.41, 5.74) is 3.01. The van der Waals surface area contributed by atoms with Crippen LogP contribution >= 0.6 is 0 Å². The molecule has 2 atom stereocenters. The average Bonchev–Trinajstić information content (AvgIpc) is 2.30. The summed E-state index contributed by atoms with van der Waals surface area (Å²) in [4.78, 5) is 0. The smallest absolute Gasteiger partial charge is 0.00173 e. The summed E-state index contributed by atoms with van der Waals surface area (Å²) < 4.78 is 0. The fourth-order valence-electron chi connectivity index (χ4n) is 2.88. The molecule has 0 amide bonds. The fourth-order valence-corrected chi connectivity index (χ4v) is 2.88. The van der Waals surface area contributed by atoms with E-state index in [0.717, 1.165) is 17.8 Å². The van der Waals surface area contributed by atoms with Gasteiger partial charge in [-0.2, -0.15) is 0 Å². The van der Waals surface area contributed by atoms with Crippen LogP contribution < -0.4 is 5.32 Å². The molecule has 1 nitrogen and oxygen atoms in total. The summed E-state index contributed by atoms with van der Waals surface area (Å²) in [5, 5.41) is 3.47. The highest BCUT2D eigenvalue weighted by Gasteiger charge is 2.22. The number of hydrogen-bond acceptors (Lipinski definition) is 1. The topological polar surface area (TPSA) is 12.0 Å². The summed E-state index contributed by atoms with van der Waals surface area (Å²) in [6.45, 7) is 9.26. The van der Waals surface area contributed by atoms with Crippen LogP contribution in [0.3, 0.4) is 0 Å². The van der Waals surface area contributed by atoms with Crippen LogP contribution in [0.25, 0.3) is 0 Å². The van der Waals surface area contributed by atoms with Crippen molar-refractivity contribution in [3.8, 4) is 0 Å². The van der Waals surface area contributed by atoms with Gasteiger partial charge in [0.15, 0.2) is 0 Å². The second kappa shape index (κ2) is 5.68. The molecule has 1 heterocycles. The van der Waals surface area contributed by atoms with Crippen molar-refractivity contribution in [1.29, 1.82) is 0 Å². The molecule has 1 aliphatic rings. The van der Waals surface area contributed by atoms with Crippen molar-refractivity contribution in [3.63, 3.8) is 0 Å². The fraction of sp³-hybridized carbons (Fsp3) is 0.625. The monoisotopic (exact) mass is 231 g/mol. The van der Waals surface area contributed by atoms with E-state index < -0.39 is 0 Å². The SMILES string of the molecule is CC(C)Cc1ccc(C2CCNCC2C)cc1. The van der Waals surface area contributed by atoms with Crippen molar-refractivity contribution in [2.24, 2.45) is 11.8 Å². The molecule has 2 rings (SSSR count). The lowest BCUT2D eigenvalue weighted by Crippen LogP contribution is -2.33. The van der Waals surface area contributed by atoms with Gasteiger partial charge in [0.1, 0.15) is 0 Å². The van der Waals surface area contributed by atoms with E-state index in [1.54, 1.807) is 0 Å². The summed E-state index contributed by atoms with van der Waals surface area (Å²) >= 11 is 0. The van der Waals surface area contributed by atoms with E-state index in [4.69, 9.17) is 0 Å². The maximum Gasteiger partial charge on any atom is -0.00173 e. The first-order valence-corrected chi connectivity index (χ1v) is 6.96. The van der Waals surface area contributed by atoms with E-state index >= 15 is 0 Å². The van der Waals surface area contributed by atoms with E-state index in [1.807, 2.05) is 0 Å². The number of rotatable bonds is 3.